The van der Waals surface area contributed by atoms with Crippen molar-refractivity contribution in [2.75, 3.05) is 0 Å². The van der Waals surface area contributed by atoms with Crippen molar-refractivity contribution in [3.05, 3.63) is 176 Å². The standard InChI is InChI=1S/C51H29N3S3/c1-3-14-30(15-4-1)49-52-50(31-16-5-2-6-17-31)54-51(53-49)42-28-13-27-41-40-26-12-25-39(47(40)57-48(41)42)38-24-11-23-37-36-22-10-21-35(45(36)56-46(37)38)34-20-9-19-33-32-18-7-8-29-43(32)55-44(33)34/h1-29H. The van der Waals surface area contributed by atoms with E-state index in [1.165, 1.54) is 82.8 Å². The van der Waals surface area contributed by atoms with Crippen LogP contribution >= 0.6 is 34.0 Å². The molecule has 0 saturated carbocycles. The Labute approximate surface area is 339 Å². The Morgan fingerprint density at radius 3 is 1.05 bits per heavy atom. The third kappa shape index (κ3) is 5.19. The predicted octanol–water partition coefficient (Wildman–Crippen LogP) is 15.3. The molecule has 8 aromatic carbocycles. The molecule has 0 aliphatic carbocycles. The van der Waals surface area contributed by atoms with E-state index in [-0.39, 0.29) is 0 Å². The van der Waals surface area contributed by atoms with Crippen molar-refractivity contribution >= 4 is 94.5 Å². The van der Waals surface area contributed by atoms with Gasteiger partial charge in [-0.1, -0.05) is 164 Å². The smallest absolute Gasteiger partial charge is 0.165 e. The number of nitrogens with zero attached hydrogens (tertiary/aromatic N) is 3. The van der Waals surface area contributed by atoms with Crippen LogP contribution in [0.3, 0.4) is 0 Å². The van der Waals surface area contributed by atoms with Gasteiger partial charge in [0.1, 0.15) is 0 Å². The molecule has 0 atom stereocenters. The van der Waals surface area contributed by atoms with E-state index >= 15 is 0 Å². The first-order valence-corrected chi connectivity index (χ1v) is 21.4. The SMILES string of the molecule is c1ccc(-c2nc(-c3ccccc3)nc(-c3cccc4c3sc3c(-c5cccc6c5sc5c(-c7cccc8c7sc7ccccc78)cccc56)cccc34)n2)cc1. The molecule has 57 heavy (non-hydrogen) atoms. The van der Waals surface area contributed by atoms with E-state index in [1.54, 1.807) is 0 Å². The van der Waals surface area contributed by atoms with Crippen LogP contribution in [0.4, 0.5) is 0 Å². The molecule has 4 aromatic heterocycles. The number of hydrogen-bond donors (Lipinski definition) is 0. The molecule has 12 aromatic rings. The van der Waals surface area contributed by atoms with Gasteiger partial charge < -0.3 is 0 Å². The molecule has 0 radical (unpaired) electrons. The van der Waals surface area contributed by atoms with E-state index in [0.717, 1.165) is 16.7 Å². The molecule has 3 nitrogen and oxygen atoms in total. The molecule has 0 aliphatic heterocycles. The van der Waals surface area contributed by atoms with E-state index in [4.69, 9.17) is 15.0 Å². The highest BCUT2D eigenvalue weighted by Crippen LogP contribution is 2.49. The highest BCUT2D eigenvalue weighted by atomic mass is 32.1. The summed E-state index contributed by atoms with van der Waals surface area (Å²) in [6.45, 7) is 0. The van der Waals surface area contributed by atoms with Crippen LogP contribution < -0.4 is 0 Å². The molecule has 0 aliphatic rings. The Bertz CT molecular complexity index is 3470. The van der Waals surface area contributed by atoms with Crippen LogP contribution in [0.2, 0.25) is 0 Å². The summed E-state index contributed by atoms with van der Waals surface area (Å²) in [5.41, 5.74) is 8.04. The molecule has 0 N–H and O–H groups in total. The molecule has 0 spiro atoms. The average Bonchev–Trinajstić information content (AvgIpc) is 3.98. The van der Waals surface area contributed by atoms with Crippen molar-refractivity contribution in [1.82, 2.24) is 15.0 Å². The largest absolute Gasteiger partial charge is 0.208 e. The first kappa shape index (κ1) is 32.7. The lowest BCUT2D eigenvalue weighted by molar-refractivity contribution is 1.08. The fourth-order valence-corrected chi connectivity index (χ4v) is 12.3. The van der Waals surface area contributed by atoms with Gasteiger partial charge in [0.15, 0.2) is 17.5 Å². The zero-order valence-corrected chi connectivity index (χ0v) is 32.8. The maximum atomic E-state index is 5.12. The van der Waals surface area contributed by atoms with Gasteiger partial charge in [-0.2, -0.15) is 0 Å². The van der Waals surface area contributed by atoms with Gasteiger partial charge in [0.2, 0.25) is 0 Å². The van der Waals surface area contributed by atoms with E-state index in [9.17, 15) is 0 Å². The van der Waals surface area contributed by atoms with Crippen LogP contribution in [0.25, 0.3) is 117 Å². The second-order valence-corrected chi connectivity index (χ2v) is 17.3. The minimum atomic E-state index is 0.664. The first-order valence-electron chi connectivity index (χ1n) is 18.9. The summed E-state index contributed by atoms with van der Waals surface area (Å²) >= 11 is 5.64. The summed E-state index contributed by atoms with van der Waals surface area (Å²) in [6.07, 6.45) is 0. The summed E-state index contributed by atoms with van der Waals surface area (Å²) in [7, 11) is 0. The van der Waals surface area contributed by atoms with Gasteiger partial charge in [-0.15, -0.1) is 34.0 Å². The van der Waals surface area contributed by atoms with Gasteiger partial charge in [-0.25, -0.2) is 15.0 Å². The molecule has 0 fully saturated rings. The number of benzene rings is 8. The number of aromatic nitrogens is 3. The zero-order valence-electron chi connectivity index (χ0n) is 30.3. The van der Waals surface area contributed by atoms with Gasteiger partial charge >= 0.3 is 0 Å². The van der Waals surface area contributed by atoms with Crippen molar-refractivity contribution in [1.29, 1.82) is 0 Å². The van der Waals surface area contributed by atoms with Gasteiger partial charge in [-0.3, -0.25) is 0 Å². The third-order valence-corrected chi connectivity index (χ3v) is 14.8. The zero-order chi connectivity index (χ0) is 37.5. The normalized spacial score (nSPS) is 11.9. The monoisotopic (exact) mass is 779 g/mol. The van der Waals surface area contributed by atoms with Crippen molar-refractivity contribution in [3.8, 4) is 56.4 Å². The Balaban J connectivity index is 1.05. The van der Waals surface area contributed by atoms with Crippen molar-refractivity contribution in [3.63, 3.8) is 0 Å². The van der Waals surface area contributed by atoms with Crippen LogP contribution in [0.5, 0.6) is 0 Å². The van der Waals surface area contributed by atoms with Crippen LogP contribution in [0.15, 0.2) is 176 Å². The summed E-state index contributed by atoms with van der Waals surface area (Å²) in [5.74, 6) is 2.00. The fraction of sp³-hybridized carbons (Fsp3) is 0. The third-order valence-electron chi connectivity index (χ3n) is 11.0. The number of hydrogen-bond acceptors (Lipinski definition) is 6. The van der Waals surface area contributed by atoms with E-state index in [1.807, 2.05) is 70.4 Å². The molecular weight excluding hydrogens is 751 g/mol. The molecule has 12 rings (SSSR count). The number of rotatable bonds is 5. The minimum absolute atomic E-state index is 0.664. The molecule has 4 heterocycles. The summed E-state index contributed by atoms with van der Waals surface area (Å²) in [5, 5.41) is 7.70. The second kappa shape index (κ2) is 13.0. The van der Waals surface area contributed by atoms with Crippen LogP contribution in [-0.4, -0.2) is 15.0 Å². The van der Waals surface area contributed by atoms with Gasteiger partial charge in [0.25, 0.3) is 0 Å². The summed E-state index contributed by atoms with van der Waals surface area (Å²) < 4.78 is 7.75. The van der Waals surface area contributed by atoms with Crippen molar-refractivity contribution in [2.24, 2.45) is 0 Å². The van der Waals surface area contributed by atoms with Crippen molar-refractivity contribution < 1.29 is 0 Å². The Morgan fingerprint density at radius 1 is 0.246 bits per heavy atom. The predicted molar refractivity (Wildman–Crippen MR) is 246 cm³/mol. The van der Waals surface area contributed by atoms with E-state index < -0.39 is 0 Å². The van der Waals surface area contributed by atoms with Crippen LogP contribution in [-0.2, 0) is 0 Å². The fourth-order valence-electron chi connectivity index (χ4n) is 8.34. The lowest BCUT2D eigenvalue weighted by atomic mass is 9.98. The molecule has 0 saturated heterocycles. The summed E-state index contributed by atoms with van der Waals surface area (Å²) in [6, 6.07) is 62.8. The topological polar surface area (TPSA) is 38.7 Å². The molecule has 6 heteroatoms. The molecule has 0 unspecified atom stereocenters. The maximum absolute atomic E-state index is 5.12. The summed E-state index contributed by atoms with van der Waals surface area (Å²) in [4.78, 5) is 15.2. The Hall–Kier alpha value is -6.57. The second-order valence-electron chi connectivity index (χ2n) is 14.3. The molecule has 266 valence electrons. The molecule has 0 bridgehead atoms. The maximum Gasteiger partial charge on any atom is 0.165 e. The Kier molecular flexibility index (Phi) is 7.45. The number of fused-ring (bicyclic) bond motifs is 9. The van der Waals surface area contributed by atoms with Crippen LogP contribution in [0.1, 0.15) is 0 Å². The van der Waals surface area contributed by atoms with Gasteiger partial charge in [-0.05, 0) is 12.1 Å². The Morgan fingerprint density at radius 2 is 0.579 bits per heavy atom. The highest BCUT2D eigenvalue weighted by molar-refractivity contribution is 7.28. The van der Waals surface area contributed by atoms with Crippen molar-refractivity contribution in [2.45, 2.75) is 0 Å². The average molecular weight is 780 g/mol. The number of thiophene rings is 3. The first-order chi connectivity index (χ1) is 28.3. The highest BCUT2D eigenvalue weighted by Gasteiger charge is 2.21. The van der Waals surface area contributed by atoms with E-state index in [2.05, 4.69) is 140 Å². The van der Waals surface area contributed by atoms with E-state index in [0.29, 0.717) is 17.5 Å². The molecular formula is C51H29N3S3. The lowest BCUT2D eigenvalue weighted by Gasteiger charge is -2.09. The van der Waals surface area contributed by atoms with Gasteiger partial charge in [0, 0.05) is 99.5 Å². The minimum Gasteiger partial charge on any atom is -0.208 e. The van der Waals surface area contributed by atoms with Gasteiger partial charge in [0.05, 0.1) is 0 Å². The molecule has 0 amide bonds. The quantitative estimate of drug-likeness (QED) is 0.175. The lowest BCUT2D eigenvalue weighted by Crippen LogP contribution is -2.00. The van der Waals surface area contributed by atoms with Crippen LogP contribution in [0, 0.1) is 0 Å².